The van der Waals surface area contributed by atoms with Crippen molar-refractivity contribution >= 4 is 34.7 Å². The number of nitro benzene ring substituents is 1. The first-order valence-electron chi connectivity index (χ1n) is 5.52. The number of carbonyl (C=O) groups is 2. The third-order valence-electron chi connectivity index (χ3n) is 2.57. The first-order valence-corrected chi connectivity index (χ1v) is 6.34. The minimum atomic E-state index is -0.505. The van der Waals surface area contributed by atoms with Crippen molar-refractivity contribution in [2.24, 2.45) is 0 Å². The average Bonchev–Trinajstić information content (AvgIpc) is 2.64. The Labute approximate surface area is 113 Å². The molecule has 1 aromatic rings. The van der Waals surface area contributed by atoms with Gasteiger partial charge in [0, 0.05) is 18.7 Å². The summed E-state index contributed by atoms with van der Waals surface area (Å²) in [4.78, 5) is 34.9. The van der Waals surface area contributed by atoms with E-state index in [-0.39, 0.29) is 21.7 Å². The highest BCUT2D eigenvalue weighted by Crippen LogP contribution is 2.32. The zero-order valence-corrected chi connectivity index (χ0v) is 10.8. The number of non-ortho nitro benzene ring substituents is 1. The number of rotatable bonds is 3. The molecule has 2 rings (SSSR count). The van der Waals surface area contributed by atoms with Gasteiger partial charge in [0.05, 0.1) is 9.83 Å². The van der Waals surface area contributed by atoms with Gasteiger partial charge in [-0.2, -0.15) is 0 Å². The molecule has 19 heavy (non-hydrogen) atoms. The molecular formula is C12H10N2O4S. The van der Waals surface area contributed by atoms with E-state index in [1.165, 1.54) is 24.3 Å². The highest BCUT2D eigenvalue weighted by molar-refractivity contribution is 8.18. The molecule has 1 aliphatic heterocycles. The second-order valence-electron chi connectivity index (χ2n) is 3.78. The molecule has 0 bridgehead atoms. The Bertz CT molecular complexity index is 597. The maximum Gasteiger partial charge on any atom is 0.293 e. The van der Waals surface area contributed by atoms with Crippen LogP contribution in [0.25, 0.3) is 6.08 Å². The van der Waals surface area contributed by atoms with Crippen LogP contribution < -0.4 is 0 Å². The summed E-state index contributed by atoms with van der Waals surface area (Å²) in [6.07, 6.45) is 1.49. The Kier molecular flexibility index (Phi) is 3.66. The van der Waals surface area contributed by atoms with Gasteiger partial charge in [0.25, 0.3) is 16.8 Å². The van der Waals surface area contributed by atoms with Crippen LogP contribution in [-0.2, 0) is 4.79 Å². The lowest BCUT2D eigenvalue weighted by atomic mass is 10.2. The smallest absolute Gasteiger partial charge is 0.269 e. The summed E-state index contributed by atoms with van der Waals surface area (Å²) in [7, 11) is 0. The number of benzene rings is 1. The number of amides is 2. The molecule has 1 saturated heterocycles. The standard InChI is InChI=1S/C12H10N2O4S/c1-2-13-11(15)10(19-12(13)16)7-8-4-3-5-9(6-8)14(17)18/h3-7H,2H2,1H3/b10-7+. The molecule has 1 aromatic carbocycles. The minimum Gasteiger partial charge on any atom is -0.269 e. The fraction of sp³-hybridized carbons (Fsp3) is 0.167. The van der Waals surface area contributed by atoms with Crippen LogP contribution in [0.4, 0.5) is 10.5 Å². The summed E-state index contributed by atoms with van der Waals surface area (Å²) in [5.74, 6) is -0.357. The van der Waals surface area contributed by atoms with E-state index < -0.39 is 4.92 Å². The molecule has 0 atom stereocenters. The van der Waals surface area contributed by atoms with Crippen molar-refractivity contribution in [2.75, 3.05) is 6.54 Å². The quantitative estimate of drug-likeness (QED) is 0.482. The van der Waals surface area contributed by atoms with Crippen LogP contribution >= 0.6 is 11.8 Å². The average molecular weight is 278 g/mol. The SMILES string of the molecule is CCN1C(=O)S/C(=C/c2cccc([N+](=O)[O-])c2)C1=O. The Morgan fingerprint density at radius 3 is 2.74 bits per heavy atom. The molecule has 1 fully saturated rings. The van der Waals surface area contributed by atoms with E-state index in [2.05, 4.69) is 0 Å². The lowest BCUT2D eigenvalue weighted by Gasteiger charge is -2.06. The number of nitro groups is 1. The largest absolute Gasteiger partial charge is 0.293 e. The summed E-state index contributed by atoms with van der Waals surface area (Å²) in [6.45, 7) is 2.03. The number of carbonyl (C=O) groups excluding carboxylic acids is 2. The monoisotopic (exact) mass is 278 g/mol. The van der Waals surface area contributed by atoms with Gasteiger partial charge >= 0.3 is 0 Å². The van der Waals surface area contributed by atoms with Gasteiger partial charge in [0.15, 0.2) is 0 Å². The maximum atomic E-state index is 11.9. The van der Waals surface area contributed by atoms with Gasteiger partial charge in [-0.15, -0.1) is 0 Å². The zero-order valence-electron chi connectivity index (χ0n) is 10.0. The van der Waals surface area contributed by atoms with Crippen LogP contribution in [0, 0.1) is 10.1 Å². The van der Waals surface area contributed by atoms with Gasteiger partial charge in [-0.1, -0.05) is 12.1 Å². The lowest BCUT2D eigenvalue weighted by Crippen LogP contribution is -2.27. The van der Waals surface area contributed by atoms with Gasteiger partial charge < -0.3 is 0 Å². The molecule has 6 nitrogen and oxygen atoms in total. The molecule has 1 heterocycles. The van der Waals surface area contributed by atoms with Crippen LogP contribution in [0.2, 0.25) is 0 Å². The first-order chi connectivity index (χ1) is 9.02. The molecule has 0 radical (unpaired) electrons. The summed E-state index contributed by atoms with van der Waals surface area (Å²) in [5.41, 5.74) is 0.472. The number of likely N-dealkylation sites (N-methyl/N-ethyl adjacent to an activating group) is 1. The van der Waals surface area contributed by atoms with Crippen LogP contribution in [0.5, 0.6) is 0 Å². The maximum absolute atomic E-state index is 11.9. The minimum absolute atomic E-state index is 0.0523. The van der Waals surface area contributed by atoms with Crippen LogP contribution in [0.15, 0.2) is 29.2 Å². The van der Waals surface area contributed by atoms with E-state index in [1.54, 1.807) is 13.0 Å². The highest BCUT2D eigenvalue weighted by Gasteiger charge is 2.33. The third-order valence-corrected chi connectivity index (χ3v) is 3.48. The molecule has 1 aliphatic rings. The molecule has 0 spiro atoms. The van der Waals surface area contributed by atoms with E-state index in [1.807, 2.05) is 0 Å². The molecule has 2 amide bonds. The summed E-state index contributed by atoms with van der Waals surface area (Å²) in [5, 5.41) is 10.3. The predicted octanol–water partition coefficient (Wildman–Crippen LogP) is 2.65. The Balaban J connectivity index is 2.32. The second-order valence-corrected chi connectivity index (χ2v) is 4.77. The Morgan fingerprint density at radius 1 is 1.42 bits per heavy atom. The Hall–Kier alpha value is -2.15. The molecule has 0 aliphatic carbocycles. The van der Waals surface area contributed by atoms with Gasteiger partial charge in [0.2, 0.25) is 0 Å². The van der Waals surface area contributed by atoms with Gasteiger partial charge in [-0.25, -0.2) is 0 Å². The van der Waals surface area contributed by atoms with Crippen LogP contribution in [0.3, 0.4) is 0 Å². The fourth-order valence-corrected chi connectivity index (χ4v) is 2.56. The number of imide groups is 1. The summed E-state index contributed by atoms with van der Waals surface area (Å²) >= 11 is 0.844. The van der Waals surface area contributed by atoms with Gasteiger partial charge in [-0.05, 0) is 30.3 Å². The first kappa shape index (κ1) is 13.3. The second kappa shape index (κ2) is 5.23. The molecule has 0 unspecified atom stereocenters. The predicted molar refractivity (Wildman–Crippen MR) is 71.4 cm³/mol. The topological polar surface area (TPSA) is 80.5 Å². The van der Waals surface area contributed by atoms with Crippen LogP contribution in [0.1, 0.15) is 12.5 Å². The number of hydrogen-bond acceptors (Lipinski definition) is 5. The number of thioether (sulfide) groups is 1. The van der Waals surface area contributed by atoms with Crippen molar-refractivity contribution in [1.82, 2.24) is 4.90 Å². The number of nitrogens with zero attached hydrogens (tertiary/aromatic N) is 2. The molecule has 0 N–H and O–H groups in total. The summed E-state index contributed by atoms with van der Waals surface area (Å²) < 4.78 is 0. The molecule has 0 saturated carbocycles. The zero-order chi connectivity index (χ0) is 14.0. The van der Waals surface area contributed by atoms with E-state index in [9.17, 15) is 19.7 Å². The Morgan fingerprint density at radius 2 is 2.16 bits per heavy atom. The summed E-state index contributed by atoms with van der Waals surface area (Å²) in [6, 6.07) is 5.91. The van der Waals surface area contributed by atoms with Crippen molar-refractivity contribution < 1.29 is 14.5 Å². The number of hydrogen-bond donors (Lipinski definition) is 0. The molecule has 98 valence electrons. The van der Waals surface area contributed by atoms with Crippen molar-refractivity contribution in [3.05, 3.63) is 44.8 Å². The van der Waals surface area contributed by atoms with Gasteiger partial charge in [-0.3, -0.25) is 24.6 Å². The third kappa shape index (κ3) is 2.65. The normalized spacial score (nSPS) is 17.3. The van der Waals surface area contributed by atoms with E-state index in [0.717, 1.165) is 16.7 Å². The van der Waals surface area contributed by atoms with Crippen molar-refractivity contribution in [3.8, 4) is 0 Å². The van der Waals surface area contributed by atoms with E-state index >= 15 is 0 Å². The van der Waals surface area contributed by atoms with Crippen molar-refractivity contribution in [1.29, 1.82) is 0 Å². The van der Waals surface area contributed by atoms with Gasteiger partial charge in [0.1, 0.15) is 0 Å². The molecule has 0 aromatic heterocycles. The van der Waals surface area contributed by atoms with E-state index in [0.29, 0.717) is 12.1 Å². The fourth-order valence-electron chi connectivity index (χ4n) is 1.65. The van der Waals surface area contributed by atoms with E-state index in [4.69, 9.17) is 0 Å². The lowest BCUT2D eigenvalue weighted by molar-refractivity contribution is -0.384. The highest BCUT2D eigenvalue weighted by atomic mass is 32.2. The molecular weight excluding hydrogens is 268 g/mol. The van der Waals surface area contributed by atoms with Crippen LogP contribution in [-0.4, -0.2) is 27.5 Å². The molecule has 7 heteroatoms. The van der Waals surface area contributed by atoms with Crippen molar-refractivity contribution in [2.45, 2.75) is 6.92 Å². The van der Waals surface area contributed by atoms with Crippen molar-refractivity contribution in [3.63, 3.8) is 0 Å².